The van der Waals surface area contributed by atoms with E-state index in [0.717, 1.165) is 12.1 Å². The van der Waals surface area contributed by atoms with Gasteiger partial charge in [0.15, 0.2) is 0 Å². The average molecular weight is 517 g/mol. The molecule has 3 amide bonds. The van der Waals surface area contributed by atoms with Crippen molar-refractivity contribution in [2.75, 3.05) is 31.4 Å². The number of aliphatic hydroxyl groups is 2. The van der Waals surface area contributed by atoms with Crippen LogP contribution in [0.1, 0.15) is 28.9 Å². The quantitative estimate of drug-likeness (QED) is 0.156. The molecular weight excluding hydrogens is 490 g/mol. The highest BCUT2D eigenvalue weighted by atomic mass is 19.1. The summed E-state index contributed by atoms with van der Waals surface area (Å²) in [6.07, 6.45) is 0.286. The number of aromatic nitrogens is 1. The van der Waals surface area contributed by atoms with Crippen LogP contribution in [0.5, 0.6) is 0 Å². The Balaban J connectivity index is 1.41. The number of nitrogens with one attached hydrogen (secondary N) is 3. The summed E-state index contributed by atoms with van der Waals surface area (Å²) in [4.78, 5) is 42.3. The van der Waals surface area contributed by atoms with Crippen molar-refractivity contribution in [2.24, 2.45) is 0 Å². The minimum Gasteiger partial charge on any atom is -0.396 e. The molecule has 0 radical (unpaired) electrons. The highest BCUT2D eigenvalue weighted by Crippen LogP contribution is 2.31. The number of carbonyl (C=O) groups excluding carboxylic acids is 3. The van der Waals surface area contributed by atoms with Crippen LogP contribution in [-0.4, -0.2) is 65.0 Å². The van der Waals surface area contributed by atoms with Crippen LogP contribution >= 0.6 is 0 Å². The number of aromatic amines is 1. The van der Waals surface area contributed by atoms with Crippen LogP contribution in [0.3, 0.4) is 0 Å². The molecule has 1 fully saturated rings. The van der Waals surface area contributed by atoms with Crippen LogP contribution in [0, 0.1) is 11.6 Å². The lowest BCUT2D eigenvalue weighted by Gasteiger charge is -2.22. The molecule has 2 aromatic carbocycles. The van der Waals surface area contributed by atoms with Gasteiger partial charge in [-0.1, -0.05) is 0 Å². The van der Waals surface area contributed by atoms with E-state index in [2.05, 4.69) is 15.6 Å². The molecule has 3 aromatic rings. The lowest BCUT2D eigenvalue weighted by molar-refractivity contribution is -0.149. The number of hydrogen-bond donors (Lipinski definition) is 5. The molecule has 5 N–H and O–H groups in total. The van der Waals surface area contributed by atoms with Gasteiger partial charge in [-0.3, -0.25) is 14.4 Å². The lowest BCUT2D eigenvalue weighted by Crippen LogP contribution is -2.52. The molecule has 0 spiro atoms. The number of carbonyl (C=O) groups is 3. The first kappa shape index (κ1) is 26.2. The van der Waals surface area contributed by atoms with E-state index in [9.17, 15) is 28.3 Å². The van der Waals surface area contributed by atoms with Crippen LogP contribution in [0.25, 0.3) is 10.9 Å². The fourth-order valence-electron chi connectivity index (χ4n) is 4.06. The van der Waals surface area contributed by atoms with Crippen molar-refractivity contribution >= 4 is 34.3 Å². The molecule has 10 nitrogen and oxygen atoms in total. The highest BCUT2D eigenvalue weighted by Gasteiger charge is 2.51. The number of ether oxygens (including phenoxy) is 1. The van der Waals surface area contributed by atoms with Gasteiger partial charge in [-0.15, -0.1) is 0 Å². The smallest absolute Gasteiger partial charge is 0.269 e. The first-order valence-corrected chi connectivity index (χ1v) is 11.6. The Hall–Kier alpha value is -3.87. The van der Waals surface area contributed by atoms with E-state index in [1.165, 1.54) is 4.90 Å². The second-order valence-electron chi connectivity index (χ2n) is 8.62. The summed E-state index contributed by atoms with van der Waals surface area (Å²) in [5.74, 6) is -3.81. The molecule has 1 saturated heterocycles. The SMILES string of the molecule is O=C(NCOCCCO)c1cc2cc(N3CCC(O)(C(=O)NCc4cc(F)cc(F)c4)C3=O)ccc2[nH]1. The number of hydrogen-bond acceptors (Lipinski definition) is 6. The third-order valence-electron chi connectivity index (χ3n) is 5.99. The Morgan fingerprint density at radius 1 is 1.11 bits per heavy atom. The fraction of sp³-hybridized carbons (Fsp3) is 0.320. The minimum absolute atomic E-state index is 0.00394. The molecule has 12 heteroatoms. The molecular formula is C25H26F2N4O6. The number of anilines is 1. The fourth-order valence-corrected chi connectivity index (χ4v) is 4.06. The number of benzene rings is 2. The summed E-state index contributed by atoms with van der Waals surface area (Å²) in [5, 5.41) is 25.2. The second-order valence-corrected chi connectivity index (χ2v) is 8.62. The van der Waals surface area contributed by atoms with Crippen LogP contribution in [0.4, 0.5) is 14.5 Å². The van der Waals surface area contributed by atoms with Crippen molar-refractivity contribution in [1.29, 1.82) is 0 Å². The Morgan fingerprint density at radius 2 is 1.86 bits per heavy atom. The van der Waals surface area contributed by atoms with Crippen molar-refractivity contribution in [3.8, 4) is 0 Å². The highest BCUT2D eigenvalue weighted by molar-refractivity contribution is 6.16. The van der Waals surface area contributed by atoms with Crippen molar-refractivity contribution in [1.82, 2.24) is 15.6 Å². The molecule has 0 saturated carbocycles. The normalized spacial score (nSPS) is 17.4. The molecule has 4 rings (SSSR count). The number of rotatable bonds is 10. The summed E-state index contributed by atoms with van der Waals surface area (Å²) in [7, 11) is 0. The van der Waals surface area contributed by atoms with E-state index >= 15 is 0 Å². The number of amides is 3. The van der Waals surface area contributed by atoms with E-state index in [0.29, 0.717) is 35.7 Å². The van der Waals surface area contributed by atoms with Gasteiger partial charge in [-0.05, 0) is 48.4 Å². The van der Waals surface area contributed by atoms with Crippen LogP contribution in [-0.2, 0) is 20.9 Å². The zero-order valence-electron chi connectivity index (χ0n) is 19.7. The van der Waals surface area contributed by atoms with E-state index in [-0.39, 0.29) is 44.1 Å². The largest absolute Gasteiger partial charge is 0.396 e. The zero-order chi connectivity index (χ0) is 26.6. The zero-order valence-corrected chi connectivity index (χ0v) is 19.7. The summed E-state index contributed by atoms with van der Waals surface area (Å²) in [6, 6.07) is 9.32. The first-order chi connectivity index (χ1) is 17.7. The van der Waals surface area contributed by atoms with E-state index in [1.807, 2.05) is 0 Å². The molecule has 37 heavy (non-hydrogen) atoms. The molecule has 0 bridgehead atoms. The van der Waals surface area contributed by atoms with Crippen molar-refractivity contribution in [2.45, 2.75) is 25.0 Å². The maximum absolute atomic E-state index is 13.4. The molecule has 0 aliphatic carbocycles. The molecule has 1 aromatic heterocycles. The first-order valence-electron chi connectivity index (χ1n) is 11.6. The van der Waals surface area contributed by atoms with Gasteiger partial charge >= 0.3 is 0 Å². The number of aliphatic hydroxyl groups excluding tert-OH is 1. The maximum atomic E-state index is 13.4. The Labute approximate surface area is 210 Å². The van der Waals surface area contributed by atoms with E-state index in [1.54, 1.807) is 24.3 Å². The van der Waals surface area contributed by atoms with Gasteiger partial charge in [0.25, 0.3) is 17.7 Å². The predicted molar refractivity (Wildman–Crippen MR) is 128 cm³/mol. The molecule has 1 atom stereocenters. The number of halogens is 2. The summed E-state index contributed by atoms with van der Waals surface area (Å²) >= 11 is 0. The Kier molecular flexibility index (Phi) is 7.81. The van der Waals surface area contributed by atoms with Crippen LogP contribution < -0.4 is 15.5 Å². The number of nitrogens with zero attached hydrogens (tertiary/aromatic N) is 1. The lowest BCUT2D eigenvalue weighted by atomic mass is 10.0. The van der Waals surface area contributed by atoms with Crippen molar-refractivity contribution in [3.63, 3.8) is 0 Å². The summed E-state index contributed by atoms with van der Waals surface area (Å²) < 4.78 is 32.0. The monoisotopic (exact) mass is 516 g/mol. The molecule has 1 unspecified atom stereocenters. The second kappa shape index (κ2) is 11.0. The van der Waals surface area contributed by atoms with Gasteiger partial charge in [0.1, 0.15) is 24.1 Å². The summed E-state index contributed by atoms with van der Waals surface area (Å²) in [5.41, 5.74) is -0.856. The third-order valence-corrected chi connectivity index (χ3v) is 5.99. The molecule has 196 valence electrons. The van der Waals surface area contributed by atoms with Gasteiger partial charge in [-0.25, -0.2) is 8.78 Å². The topological polar surface area (TPSA) is 144 Å². The van der Waals surface area contributed by atoms with Crippen LogP contribution in [0.15, 0.2) is 42.5 Å². The van der Waals surface area contributed by atoms with Gasteiger partial charge < -0.3 is 35.5 Å². The maximum Gasteiger partial charge on any atom is 0.269 e. The number of fused-ring (bicyclic) bond motifs is 1. The van der Waals surface area contributed by atoms with Gasteiger partial charge in [-0.2, -0.15) is 0 Å². The van der Waals surface area contributed by atoms with E-state index in [4.69, 9.17) is 9.84 Å². The van der Waals surface area contributed by atoms with E-state index < -0.39 is 35.0 Å². The molecule has 1 aliphatic heterocycles. The van der Waals surface area contributed by atoms with Crippen molar-refractivity contribution < 1.29 is 38.1 Å². The van der Waals surface area contributed by atoms with Gasteiger partial charge in [0.2, 0.25) is 5.60 Å². The molecule has 1 aliphatic rings. The minimum atomic E-state index is -2.33. The van der Waals surface area contributed by atoms with Gasteiger partial charge in [0, 0.05) is 48.8 Å². The van der Waals surface area contributed by atoms with Gasteiger partial charge in [0.05, 0.1) is 6.61 Å². The standard InChI is InChI=1S/C25H26F2N4O6/c26-17-8-15(9-18(27)12-17)13-28-23(34)25(36)4-5-31(24(25)35)19-2-3-20-16(10-19)11-21(30-20)22(33)29-14-37-7-1-6-32/h2-3,8-12,30,32,36H,1,4-7,13-14H2,(H,28,34)(H,29,33). The predicted octanol–water partition coefficient (Wildman–Crippen LogP) is 1.32. The average Bonchev–Trinajstić information content (AvgIpc) is 3.43. The molecule has 2 heterocycles. The van der Waals surface area contributed by atoms with Crippen LogP contribution in [0.2, 0.25) is 0 Å². The Morgan fingerprint density at radius 3 is 2.59 bits per heavy atom. The Bertz CT molecular complexity index is 1310. The number of H-pyrrole nitrogens is 1. The van der Waals surface area contributed by atoms with Crippen molar-refractivity contribution in [3.05, 3.63) is 65.4 Å². The third kappa shape index (κ3) is 5.77. The summed E-state index contributed by atoms with van der Waals surface area (Å²) in [6.45, 7) is 0.0819.